The quantitative estimate of drug-likeness (QED) is 0.593. The van der Waals surface area contributed by atoms with Gasteiger partial charge in [-0.3, -0.25) is 0 Å². The van der Waals surface area contributed by atoms with Crippen LogP contribution in [0.1, 0.15) is 0 Å². The van der Waals surface area contributed by atoms with Gasteiger partial charge < -0.3 is 14.9 Å². The number of likely N-dealkylation sites (tertiary alicyclic amines) is 1. The number of hydrogen-bond acceptors (Lipinski definition) is 3. The molecule has 74 valence electrons. The van der Waals surface area contributed by atoms with Gasteiger partial charge in [0.15, 0.2) is 0 Å². The molecule has 0 atom stereocenters. The highest BCUT2D eigenvalue weighted by Gasteiger charge is 2.32. The number of aliphatic hydroxyl groups excluding tert-OH is 1. The summed E-state index contributed by atoms with van der Waals surface area (Å²) in [5, 5.41) is 9.05. The van der Waals surface area contributed by atoms with Crippen molar-refractivity contribution < 1.29 is 9.90 Å². The normalized spacial score (nSPS) is 24.4. The Bertz CT molecular complexity index is 200. The Hall–Kier alpha value is -0.420. The minimum absolute atomic E-state index is 0.102. The highest BCUT2D eigenvalue weighted by molar-refractivity contribution is 7.99. The van der Waals surface area contributed by atoms with E-state index in [4.69, 9.17) is 5.11 Å². The number of amides is 2. The molecule has 2 aliphatic heterocycles. The third kappa shape index (κ3) is 1.91. The number of hydrogen-bond donors (Lipinski definition) is 1. The topological polar surface area (TPSA) is 43.8 Å². The maximum absolute atomic E-state index is 11.7. The van der Waals surface area contributed by atoms with Gasteiger partial charge in [0, 0.05) is 24.6 Å². The summed E-state index contributed by atoms with van der Waals surface area (Å²) in [6.07, 6.45) is -0.289. The average Bonchev–Trinajstić information content (AvgIpc) is 2.13. The molecule has 0 saturated carbocycles. The van der Waals surface area contributed by atoms with E-state index in [0.29, 0.717) is 13.1 Å². The van der Waals surface area contributed by atoms with Gasteiger partial charge >= 0.3 is 6.03 Å². The summed E-state index contributed by atoms with van der Waals surface area (Å²) in [7, 11) is 0. The van der Waals surface area contributed by atoms with Gasteiger partial charge in [-0.1, -0.05) is 0 Å². The minimum Gasteiger partial charge on any atom is -0.389 e. The first-order valence-electron chi connectivity index (χ1n) is 4.57. The molecule has 2 fully saturated rings. The predicted molar refractivity (Wildman–Crippen MR) is 51.9 cm³/mol. The average molecular weight is 202 g/mol. The molecule has 2 rings (SSSR count). The fraction of sp³-hybridized carbons (Fsp3) is 0.875. The van der Waals surface area contributed by atoms with E-state index >= 15 is 0 Å². The van der Waals surface area contributed by atoms with Gasteiger partial charge in [-0.05, 0) is 0 Å². The standard InChI is InChI=1S/C8H14N2O2S/c11-7-5-10(6-7)8(12)9-1-3-13-4-2-9/h7,11H,1-6H2. The Labute approximate surface area is 81.9 Å². The molecule has 0 bridgehead atoms. The van der Waals surface area contributed by atoms with Crippen molar-refractivity contribution in [3.8, 4) is 0 Å². The molecule has 0 radical (unpaired) electrons. The van der Waals surface area contributed by atoms with Crippen molar-refractivity contribution in [1.82, 2.24) is 9.80 Å². The number of thioether (sulfide) groups is 1. The van der Waals surface area contributed by atoms with Gasteiger partial charge in [0.2, 0.25) is 0 Å². The summed E-state index contributed by atoms with van der Waals surface area (Å²) in [4.78, 5) is 15.2. The lowest BCUT2D eigenvalue weighted by Gasteiger charge is -2.40. The number of nitrogens with zero attached hydrogens (tertiary/aromatic N) is 2. The Morgan fingerprint density at radius 3 is 2.38 bits per heavy atom. The third-order valence-electron chi connectivity index (χ3n) is 2.41. The zero-order valence-corrected chi connectivity index (χ0v) is 8.29. The Morgan fingerprint density at radius 1 is 1.23 bits per heavy atom. The summed E-state index contributed by atoms with van der Waals surface area (Å²) < 4.78 is 0. The lowest BCUT2D eigenvalue weighted by Crippen LogP contribution is -2.58. The third-order valence-corrected chi connectivity index (χ3v) is 3.36. The largest absolute Gasteiger partial charge is 0.389 e. The fourth-order valence-corrected chi connectivity index (χ4v) is 2.47. The lowest BCUT2D eigenvalue weighted by atomic mass is 10.2. The monoisotopic (exact) mass is 202 g/mol. The van der Waals surface area contributed by atoms with Crippen LogP contribution in [0, 0.1) is 0 Å². The number of carbonyl (C=O) groups is 1. The summed E-state index contributed by atoms with van der Waals surface area (Å²) in [6, 6.07) is 0.102. The van der Waals surface area contributed by atoms with Crippen molar-refractivity contribution in [3.63, 3.8) is 0 Å². The van der Waals surface area contributed by atoms with Crippen LogP contribution < -0.4 is 0 Å². The van der Waals surface area contributed by atoms with Crippen LogP contribution in [0.3, 0.4) is 0 Å². The van der Waals surface area contributed by atoms with Crippen molar-refractivity contribution in [2.75, 3.05) is 37.7 Å². The molecule has 2 amide bonds. The summed E-state index contributed by atoms with van der Waals surface area (Å²) in [6.45, 7) is 2.75. The highest BCUT2D eigenvalue weighted by Crippen LogP contribution is 2.15. The van der Waals surface area contributed by atoms with Gasteiger partial charge in [-0.25, -0.2) is 4.79 Å². The van der Waals surface area contributed by atoms with Crippen molar-refractivity contribution in [1.29, 1.82) is 0 Å². The molecule has 5 heteroatoms. The van der Waals surface area contributed by atoms with Crippen LogP contribution in [0.5, 0.6) is 0 Å². The molecule has 1 N–H and O–H groups in total. The molecular formula is C8H14N2O2S. The molecule has 2 heterocycles. The zero-order chi connectivity index (χ0) is 9.26. The fourth-order valence-electron chi connectivity index (χ4n) is 1.57. The summed E-state index contributed by atoms with van der Waals surface area (Å²) in [5.41, 5.74) is 0. The van der Waals surface area contributed by atoms with Gasteiger partial charge in [0.05, 0.1) is 19.2 Å². The number of rotatable bonds is 0. The van der Waals surface area contributed by atoms with Crippen molar-refractivity contribution in [2.24, 2.45) is 0 Å². The van der Waals surface area contributed by atoms with E-state index in [2.05, 4.69) is 0 Å². The number of carbonyl (C=O) groups excluding carboxylic acids is 1. The highest BCUT2D eigenvalue weighted by atomic mass is 32.2. The second-order valence-electron chi connectivity index (χ2n) is 3.44. The minimum atomic E-state index is -0.289. The maximum Gasteiger partial charge on any atom is 0.320 e. The lowest BCUT2D eigenvalue weighted by molar-refractivity contribution is 0.0158. The molecule has 0 aromatic rings. The van der Waals surface area contributed by atoms with Crippen LogP contribution >= 0.6 is 11.8 Å². The van der Waals surface area contributed by atoms with Gasteiger partial charge in [0.25, 0.3) is 0 Å². The molecule has 2 saturated heterocycles. The van der Waals surface area contributed by atoms with Crippen LogP contribution in [0.4, 0.5) is 4.79 Å². The van der Waals surface area contributed by atoms with E-state index in [9.17, 15) is 4.79 Å². The smallest absolute Gasteiger partial charge is 0.320 e. The molecule has 0 unspecified atom stereocenters. The first-order valence-corrected chi connectivity index (χ1v) is 5.72. The molecule has 13 heavy (non-hydrogen) atoms. The van der Waals surface area contributed by atoms with Crippen LogP contribution in [-0.4, -0.2) is 64.7 Å². The van der Waals surface area contributed by atoms with Crippen molar-refractivity contribution in [3.05, 3.63) is 0 Å². The summed E-state index contributed by atoms with van der Waals surface area (Å²) in [5.74, 6) is 2.09. The van der Waals surface area contributed by atoms with Crippen LogP contribution in [0.25, 0.3) is 0 Å². The van der Waals surface area contributed by atoms with Crippen LogP contribution in [0.2, 0.25) is 0 Å². The summed E-state index contributed by atoms with van der Waals surface area (Å²) >= 11 is 1.89. The molecule has 2 aliphatic rings. The van der Waals surface area contributed by atoms with E-state index in [-0.39, 0.29) is 12.1 Å². The molecule has 4 nitrogen and oxygen atoms in total. The van der Waals surface area contributed by atoms with E-state index in [1.54, 1.807) is 4.90 Å². The van der Waals surface area contributed by atoms with E-state index in [1.807, 2.05) is 16.7 Å². The molecule has 0 aromatic heterocycles. The molecular weight excluding hydrogens is 188 g/mol. The van der Waals surface area contributed by atoms with E-state index in [1.165, 1.54) is 0 Å². The molecule has 0 aliphatic carbocycles. The van der Waals surface area contributed by atoms with Gasteiger partial charge in [-0.15, -0.1) is 0 Å². The number of urea groups is 1. The molecule has 0 spiro atoms. The van der Waals surface area contributed by atoms with Crippen LogP contribution in [-0.2, 0) is 0 Å². The predicted octanol–water partition coefficient (Wildman–Crippen LogP) is -0.168. The molecule has 0 aromatic carbocycles. The number of β-amino-alcohol motifs (C(OH)–C–C–N with tert-alkyl or cyclic N) is 1. The number of aliphatic hydroxyl groups is 1. The van der Waals surface area contributed by atoms with Gasteiger partial charge in [0.1, 0.15) is 0 Å². The maximum atomic E-state index is 11.7. The Morgan fingerprint density at radius 2 is 1.85 bits per heavy atom. The first-order chi connectivity index (χ1) is 6.27. The Kier molecular flexibility index (Phi) is 2.64. The van der Waals surface area contributed by atoms with Gasteiger partial charge in [-0.2, -0.15) is 11.8 Å². The van der Waals surface area contributed by atoms with E-state index in [0.717, 1.165) is 24.6 Å². The second-order valence-corrected chi connectivity index (χ2v) is 4.67. The van der Waals surface area contributed by atoms with Crippen LogP contribution in [0.15, 0.2) is 0 Å². The SMILES string of the molecule is O=C(N1CCSCC1)N1CC(O)C1. The second kappa shape index (κ2) is 3.75. The van der Waals surface area contributed by atoms with E-state index < -0.39 is 0 Å². The van der Waals surface area contributed by atoms with Crippen molar-refractivity contribution >= 4 is 17.8 Å². The van der Waals surface area contributed by atoms with Crippen molar-refractivity contribution in [2.45, 2.75) is 6.10 Å². The first kappa shape index (κ1) is 9.15. The Balaban J connectivity index is 1.82. The zero-order valence-electron chi connectivity index (χ0n) is 7.48.